The van der Waals surface area contributed by atoms with Crippen LogP contribution in [0.15, 0.2) is 29.8 Å². The Balaban J connectivity index is 0.00000353. The van der Waals surface area contributed by atoms with Gasteiger partial charge < -0.3 is 14.8 Å². The molecule has 1 heterocycles. The smallest absolute Gasteiger partial charge is 0.222 e. The lowest BCUT2D eigenvalue weighted by atomic mass is 10.1. The van der Waals surface area contributed by atoms with Crippen LogP contribution in [0.4, 0.5) is 0 Å². The number of methoxy groups -OCH3 is 1. The predicted molar refractivity (Wildman–Crippen MR) is 138 cm³/mol. The van der Waals surface area contributed by atoms with Crippen molar-refractivity contribution >= 4 is 22.6 Å². The molecule has 0 bridgehead atoms. The summed E-state index contributed by atoms with van der Waals surface area (Å²) in [5, 5.41) is 2.97. The standard InChI is InChI=1S/C24H36N4O3.C2H6.H2/c1-17(2)24(29)26-13-9-7-8-10-20-23(25-5)28(18(3)4)22-12-11-19(16-21(22)27-20)31-15-14-30-6;1-2;/h11-12,16-17H,3,7-10,13-15H2,1-2,4-6H3,(H,26,29);1-2H3;1H. The zero-order valence-electron chi connectivity index (χ0n) is 21.5. The van der Waals surface area contributed by atoms with E-state index in [1.165, 1.54) is 0 Å². The fourth-order valence-corrected chi connectivity index (χ4v) is 3.35. The number of aromatic nitrogens is 2. The van der Waals surface area contributed by atoms with Crippen molar-refractivity contribution in [2.45, 2.75) is 60.3 Å². The number of unbranched alkanes of at least 4 members (excludes halogenated alkanes) is 2. The van der Waals surface area contributed by atoms with Gasteiger partial charge in [-0.05, 0) is 38.3 Å². The van der Waals surface area contributed by atoms with Crippen LogP contribution in [0.2, 0.25) is 0 Å². The molecule has 0 unspecified atom stereocenters. The predicted octanol–water partition coefficient (Wildman–Crippen LogP) is 4.84. The van der Waals surface area contributed by atoms with E-state index in [9.17, 15) is 4.79 Å². The molecule has 0 aliphatic carbocycles. The van der Waals surface area contributed by atoms with Crippen molar-refractivity contribution in [3.05, 3.63) is 36.0 Å². The number of carbonyl (C=O) groups is 1. The average molecular weight is 461 g/mol. The molecule has 7 heteroatoms. The molecule has 7 nitrogen and oxygen atoms in total. The molecule has 186 valence electrons. The Kier molecular flexibility index (Phi) is 13.1. The van der Waals surface area contributed by atoms with Crippen molar-refractivity contribution in [1.29, 1.82) is 0 Å². The van der Waals surface area contributed by atoms with E-state index >= 15 is 0 Å². The van der Waals surface area contributed by atoms with Crippen molar-refractivity contribution in [2.75, 3.05) is 33.9 Å². The van der Waals surface area contributed by atoms with Crippen LogP contribution in [0.3, 0.4) is 0 Å². The van der Waals surface area contributed by atoms with Gasteiger partial charge in [-0.3, -0.25) is 14.4 Å². The van der Waals surface area contributed by atoms with E-state index in [0.29, 0.717) is 19.8 Å². The third-order valence-corrected chi connectivity index (χ3v) is 4.98. The minimum absolute atomic E-state index is 0. The molecule has 1 aromatic carbocycles. The van der Waals surface area contributed by atoms with E-state index in [1.807, 2.05) is 52.8 Å². The van der Waals surface area contributed by atoms with Crippen molar-refractivity contribution in [3.8, 4) is 5.75 Å². The van der Waals surface area contributed by atoms with E-state index in [-0.39, 0.29) is 13.3 Å². The van der Waals surface area contributed by atoms with Crippen LogP contribution in [0, 0.1) is 5.92 Å². The quantitative estimate of drug-likeness (QED) is 0.460. The minimum atomic E-state index is 0. The molecule has 0 atom stereocenters. The maximum absolute atomic E-state index is 11.7. The summed E-state index contributed by atoms with van der Waals surface area (Å²) in [5.41, 5.74) is 4.47. The van der Waals surface area contributed by atoms with Crippen molar-refractivity contribution in [2.24, 2.45) is 10.9 Å². The molecule has 0 spiro atoms. The van der Waals surface area contributed by atoms with Crippen LogP contribution >= 0.6 is 0 Å². The van der Waals surface area contributed by atoms with E-state index in [2.05, 4.69) is 21.5 Å². The van der Waals surface area contributed by atoms with Crippen LogP contribution < -0.4 is 15.5 Å². The first kappa shape index (κ1) is 28.4. The second kappa shape index (κ2) is 15.2. The van der Waals surface area contributed by atoms with Crippen LogP contribution in [0.25, 0.3) is 16.7 Å². The molecule has 0 aliphatic heterocycles. The molecule has 0 fully saturated rings. The van der Waals surface area contributed by atoms with Gasteiger partial charge in [0.2, 0.25) is 5.91 Å². The number of benzene rings is 1. The third-order valence-electron chi connectivity index (χ3n) is 4.98. The molecular weight excluding hydrogens is 416 g/mol. The van der Waals surface area contributed by atoms with Gasteiger partial charge in [0.1, 0.15) is 12.4 Å². The summed E-state index contributed by atoms with van der Waals surface area (Å²) in [6.45, 7) is 15.7. The van der Waals surface area contributed by atoms with Gasteiger partial charge in [0.25, 0.3) is 0 Å². The Morgan fingerprint density at radius 1 is 1.24 bits per heavy atom. The monoisotopic (exact) mass is 460 g/mol. The lowest BCUT2D eigenvalue weighted by Crippen LogP contribution is -2.28. The summed E-state index contributed by atoms with van der Waals surface area (Å²) in [4.78, 5) is 21.1. The zero-order chi connectivity index (χ0) is 24.8. The van der Waals surface area contributed by atoms with Crippen molar-refractivity contribution in [1.82, 2.24) is 14.9 Å². The summed E-state index contributed by atoms with van der Waals surface area (Å²) in [6, 6.07) is 5.88. The second-order valence-electron chi connectivity index (χ2n) is 7.92. The Hall–Kier alpha value is -2.67. The fourth-order valence-electron chi connectivity index (χ4n) is 3.35. The summed E-state index contributed by atoms with van der Waals surface area (Å²) in [5.74, 6) is 0.893. The number of nitrogens with one attached hydrogen (secondary N) is 1. The first-order chi connectivity index (χ1) is 15.9. The van der Waals surface area contributed by atoms with Gasteiger partial charge in [0, 0.05) is 39.8 Å². The number of hydrogen-bond acceptors (Lipinski definition) is 5. The topological polar surface area (TPSA) is 77.7 Å². The van der Waals surface area contributed by atoms with Gasteiger partial charge in [-0.25, -0.2) is 4.98 Å². The minimum Gasteiger partial charge on any atom is -0.491 e. The molecule has 2 aromatic rings. The second-order valence-corrected chi connectivity index (χ2v) is 7.92. The van der Waals surface area contributed by atoms with Gasteiger partial charge in [-0.15, -0.1) is 0 Å². The van der Waals surface area contributed by atoms with E-state index in [1.54, 1.807) is 14.2 Å². The molecule has 1 amide bonds. The Labute approximate surface area is 200 Å². The van der Waals surface area contributed by atoms with Crippen LogP contribution in [-0.2, 0) is 16.0 Å². The number of hydrogen-bond donors (Lipinski definition) is 1. The average Bonchev–Trinajstić information content (AvgIpc) is 2.81. The highest BCUT2D eigenvalue weighted by Crippen LogP contribution is 2.21. The number of amides is 1. The molecule has 0 radical (unpaired) electrons. The summed E-state index contributed by atoms with van der Waals surface area (Å²) >= 11 is 0. The van der Waals surface area contributed by atoms with Gasteiger partial charge in [-0.1, -0.05) is 40.7 Å². The first-order valence-corrected chi connectivity index (χ1v) is 11.9. The maximum atomic E-state index is 11.7. The number of nitrogens with zero attached hydrogens (tertiary/aromatic N) is 3. The van der Waals surface area contributed by atoms with Crippen molar-refractivity contribution in [3.63, 3.8) is 0 Å². The van der Waals surface area contributed by atoms with E-state index in [4.69, 9.17) is 14.5 Å². The van der Waals surface area contributed by atoms with Gasteiger partial charge in [0.05, 0.1) is 23.3 Å². The van der Waals surface area contributed by atoms with Crippen LogP contribution in [0.5, 0.6) is 5.75 Å². The molecule has 2 rings (SSSR count). The highest BCUT2D eigenvalue weighted by Gasteiger charge is 2.11. The highest BCUT2D eigenvalue weighted by atomic mass is 16.5. The Morgan fingerprint density at radius 2 is 1.97 bits per heavy atom. The van der Waals surface area contributed by atoms with Crippen LogP contribution in [-0.4, -0.2) is 49.4 Å². The lowest BCUT2D eigenvalue weighted by Gasteiger charge is -2.15. The first-order valence-electron chi connectivity index (χ1n) is 11.9. The number of fused-ring (bicyclic) bond motifs is 1. The molecule has 0 saturated heterocycles. The summed E-state index contributed by atoms with van der Waals surface area (Å²) < 4.78 is 12.9. The van der Waals surface area contributed by atoms with Crippen molar-refractivity contribution < 1.29 is 15.7 Å². The normalized spacial score (nSPS) is 11.3. The number of allylic oxidation sites excluding steroid dienone is 1. The molecule has 33 heavy (non-hydrogen) atoms. The maximum Gasteiger partial charge on any atom is 0.222 e. The summed E-state index contributed by atoms with van der Waals surface area (Å²) in [6.07, 6.45) is 3.73. The van der Waals surface area contributed by atoms with E-state index in [0.717, 1.165) is 59.3 Å². The Bertz CT molecular complexity index is 970. The Morgan fingerprint density at radius 3 is 2.58 bits per heavy atom. The largest absolute Gasteiger partial charge is 0.491 e. The van der Waals surface area contributed by atoms with Gasteiger partial charge in [0.15, 0.2) is 5.49 Å². The molecular formula is C26H44N4O3. The third kappa shape index (κ3) is 8.65. The fraction of sp³-hybridized carbons (Fsp3) is 0.577. The van der Waals surface area contributed by atoms with Gasteiger partial charge in [-0.2, -0.15) is 0 Å². The SMILES string of the molecule is C=C(C)n1c(=NC)c(CCCCCNC(=O)C(C)C)nc2cc(OCCOC)ccc21.CC.[HH]. The van der Waals surface area contributed by atoms with E-state index < -0.39 is 0 Å². The highest BCUT2D eigenvalue weighted by molar-refractivity contribution is 5.79. The molecule has 1 aromatic heterocycles. The summed E-state index contributed by atoms with van der Waals surface area (Å²) in [7, 11) is 3.44. The number of rotatable bonds is 12. The number of carbonyl (C=O) groups excluding carboxylic acids is 1. The number of aryl methyl sites for hydroxylation is 1. The molecule has 0 aliphatic rings. The van der Waals surface area contributed by atoms with Crippen LogP contribution in [0.1, 0.15) is 61.0 Å². The molecule has 0 saturated carbocycles. The van der Waals surface area contributed by atoms with Gasteiger partial charge >= 0.3 is 0 Å². The molecule has 1 N–H and O–H groups in total. The zero-order valence-corrected chi connectivity index (χ0v) is 21.5. The lowest BCUT2D eigenvalue weighted by molar-refractivity contribution is -0.123. The number of ether oxygens (including phenoxy) is 2.